The number of ketones is 1. The van der Waals surface area contributed by atoms with Crippen LogP contribution in [0, 0.1) is 0 Å². The smallest absolute Gasteiger partial charge is 0.247 e. The van der Waals surface area contributed by atoms with Crippen molar-refractivity contribution in [1.82, 2.24) is 26.3 Å². The van der Waals surface area contributed by atoms with E-state index in [-0.39, 0.29) is 62.3 Å². The van der Waals surface area contributed by atoms with Crippen LogP contribution in [-0.4, -0.2) is 84.1 Å². The normalized spacial score (nSPS) is 15.0. The Morgan fingerprint density at radius 3 is 2.30 bits per heavy atom. The average molecular weight is 838 g/mol. The Hall–Kier alpha value is -6.71. The third kappa shape index (κ3) is 14.2. The Kier molecular flexibility index (Phi) is 17.8. The van der Waals surface area contributed by atoms with Gasteiger partial charge in [0.25, 0.3) is 0 Å². The predicted molar refractivity (Wildman–Crippen MR) is 236 cm³/mol. The van der Waals surface area contributed by atoms with E-state index < -0.39 is 35.3 Å². The van der Waals surface area contributed by atoms with E-state index in [1.807, 2.05) is 79.7 Å². The molecule has 1 aromatic heterocycles. The second-order valence-corrected chi connectivity index (χ2v) is 15.1. The molecule has 10 N–H and O–H groups in total. The summed E-state index contributed by atoms with van der Waals surface area (Å²) in [6.07, 6.45) is 5.27. The number of anilines is 1. The standard InChI is InChI=1S/C40H50N8O5.C5H9NO2/c1-3-4-19-35(49)48-40(21-20-28-27(24-40)14-10-18-34(28)53-2)38(52)47-32(23-26-12-6-5-7-13-26)37(51)45-31(17-11-22-43-39(41)42)36(50)46-33-25-44-30-16-9-8-15-29(30)33;1-4(7)3-6-5(2)8/h5-10,12-16,18,25,31-32,44H,3-4,11,17,19-24H2,1-2H3,(H,45,51)(H,46,50)(H,47,52)(H,48,49)(H4,41,42,43);3H2,1-2H3,(H,6,8). The van der Waals surface area contributed by atoms with Crippen LogP contribution in [0.15, 0.2) is 84.0 Å². The molecule has 0 spiro atoms. The molecule has 5 rings (SSSR count). The van der Waals surface area contributed by atoms with E-state index >= 15 is 0 Å². The zero-order valence-electron chi connectivity index (χ0n) is 35.4. The summed E-state index contributed by atoms with van der Waals surface area (Å²) in [6, 6.07) is 20.5. The first-order valence-electron chi connectivity index (χ1n) is 20.5. The van der Waals surface area contributed by atoms with Crippen molar-refractivity contribution in [3.63, 3.8) is 0 Å². The molecule has 0 fully saturated rings. The summed E-state index contributed by atoms with van der Waals surface area (Å²) in [5, 5.41) is 15.1. The van der Waals surface area contributed by atoms with Crippen LogP contribution in [0.3, 0.4) is 0 Å². The van der Waals surface area contributed by atoms with Crippen molar-refractivity contribution >= 4 is 57.9 Å². The second-order valence-electron chi connectivity index (χ2n) is 15.1. The van der Waals surface area contributed by atoms with Crippen LogP contribution in [0.4, 0.5) is 5.69 Å². The minimum absolute atomic E-state index is 0.0276. The van der Waals surface area contributed by atoms with Crippen LogP contribution < -0.4 is 42.8 Å². The van der Waals surface area contributed by atoms with Gasteiger partial charge in [0.1, 0.15) is 29.2 Å². The van der Waals surface area contributed by atoms with Crippen molar-refractivity contribution < 1.29 is 33.5 Å². The minimum Gasteiger partial charge on any atom is -0.496 e. The molecule has 0 aliphatic heterocycles. The summed E-state index contributed by atoms with van der Waals surface area (Å²) in [5.41, 5.74) is 13.8. The number of nitrogens with two attached hydrogens (primary N) is 2. The maximum atomic E-state index is 14.6. The molecule has 1 aliphatic rings. The lowest BCUT2D eigenvalue weighted by molar-refractivity contribution is -0.137. The number of nitrogens with zero attached hydrogens (tertiary/aromatic N) is 1. The van der Waals surface area contributed by atoms with Gasteiger partial charge in [-0.05, 0) is 67.9 Å². The molecule has 61 heavy (non-hydrogen) atoms. The number of nitrogens with one attached hydrogen (secondary N) is 6. The maximum absolute atomic E-state index is 14.6. The van der Waals surface area contributed by atoms with Gasteiger partial charge in [-0.25, -0.2) is 0 Å². The lowest BCUT2D eigenvalue weighted by Gasteiger charge is -2.39. The fraction of sp³-hybridized carbons (Fsp3) is 0.400. The van der Waals surface area contributed by atoms with E-state index in [2.05, 4.69) is 36.6 Å². The molecule has 3 aromatic carbocycles. The van der Waals surface area contributed by atoms with E-state index in [0.717, 1.165) is 39.8 Å². The Balaban J connectivity index is 0.000000929. The fourth-order valence-corrected chi connectivity index (χ4v) is 7.07. The highest BCUT2D eigenvalue weighted by atomic mass is 16.5. The molecule has 16 nitrogen and oxygen atoms in total. The number of unbranched alkanes of at least 4 members (excludes halogenated alkanes) is 1. The number of hydrogen-bond acceptors (Lipinski definition) is 8. The van der Waals surface area contributed by atoms with Gasteiger partial charge in [-0.3, -0.25) is 33.8 Å². The summed E-state index contributed by atoms with van der Waals surface area (Å²) >= 11 is 0. The molecule has 1 heterocycles. The van der Waals surface area contributed by atoms with E-state index in [1.54, 1.807) is 13.3 Å². The zero-order valence-corrected chi connectivity index (χ0v) is 35.4. The van der Waals surface area contributed by atoms with E-state index in [9.17, 15) is 28.8 Å². The van der Waals surface area contributed by atoms with Crippen LogP contribution >= 0.6 is 0 Å². The summed E-state index contributed by atoms with van der Waals surface area (Å²) < 4.78 is 5.60. The number of para-hydroxylation sites is 1. The first kappa shape index (κ1) is 47.0. The number of aromatic nitrogens is 1. The highest BCUT2D eigenvalue weighted by Crippen LogP contribution is 2.35. The number of fused-ring (bicyclic) bond motifs is 2. The molecule has 0 saturated carbocycles. The van der Waals surface area contributed by atoms with Gasteiger partial charge in [0.05, 0.1) is 19.3 Å². The molecule has 16 heteroatoms. The molecule has 0 radical (unpaired) electrons. The van der Waals surface area contributed by atoms with Gasteiger partial charge in [0, 0.05) is 49.8 Å². The Morgan fingerprint density at radius 1 is 0.885 bits per heavy atom. The molecule has 1 aliphatic carbocycles. The first-order chi connectivity index (χ1) is 29.2. The molecular formula is C45H59N9O7. The number of H-pyrrole nitrogens is 1. The zero-order chi connectivity index (χ0) is 44.4. The van der Waals surface area contributed by atoms with Gasteiger partial charge in [0.2, 0.25) is 29.5 Å². The number of rotatable bonds is 19. The summed E-state index contributed by atoms with van der Waals surface area (Å²) in [4.78, 5) is 83.4. The SMILES string of the molecule is CC(=O)CNC(C)=O.CCCCC(=O)NC1(C(=O)NC(Cc2ccccc2)C(=O)NC(CCCN=C(N)N)C(=O)Nc2c[nH]c3ccccc23)CCc2c(cccc2OC)C1. The van der Waals surface area contributed by atoms with Gasteiger partial charge in [0.15, 0.2) is 5.96 Å². The maximum Gasteiger partial charge on any atom is 0.247 e. The van der Waals surface area contributed by atoms with Crippen LogP contribution in [0.2, 0.25) is 0 Å². The summed E-state index contributed by atoms with van der Waals surface area (Å²) in [6.45, 7) is 5.21. The number of carbonyl (C=O) groups is 6. The Bertz CT molecular complexity index is 2150. The number of amides is 5. The molecule has 326 valence electrons. The third-order valence-corrected chi connectivity index (χ3v) is 10.2. The summed E-state index contributed by atoms with van der Waals surface area (Å²) in [5.74, 6) is -1.22. The van der Waals surface area contributed by atoms with Gasteiger partial charge in [-0.15, -0.1) is 0 Å². The van der Waals surface area contributed by atoms with E-state index in [1.165, 1.54) is 13.8 Å². The van der Waals surface area contributed by atoms with Crippen LogP contribution in [0.1, 0.15) is 76.0 Å². The van der Waals surface area contributed by atoms with Crippen LogP contribution in [0.5, 0.6) is 5.75 Å². The molecule has 3 atom stereocenters. The largest absolute Gasteiger partial charge is 0.496 e. The Labute approximate surface area is 356 Å². The number of benzene rings is 3. The van der Waals surface area contributed by atoms with Crippen molar-refractivity contribution in [3.05, 3.63) is 95.7 Å². The quantitative estimate of drug-likeness (QED) is 0.0391. The predicted octanol–water partition coefficient (Wildman–Crippen LogP) is 3.33. The number of hydrogen-bond donors (Lipinski definition) is 8. The number of methoxy groups -OCH3 is 1. The number of aliphatic imine (C=N–C) groups is 1. The number of guanidine groups is 1. The highest BCUT2D eigenvalue weighted by molar-refractivity contribution is 6.05. The first-order valence-corrected chi connectivity index (χ1v) is 20.5. The number of aromatic amines is 1. The minimum atomic E-state index is -1.31. The third-order valence-electron chi connectivity index (χ3n) is 10.2. The van der Waals surface area contributed by atoms with E-state index in [0.29, 0.717) is 31.4 Å². The molecule has 3 unspecified atom stereocenters. The molecular weight excluding hydrogens is 779 g/mol. The van der Waals surface area contributed by atoms with Gasteiger partial charge >= 0.3 is 0 Å². The number of ether oxygens (including phenoxy) is 1. The number of Topliss-reactive ketones (excluding diaryl/α,β-unsaturated/α-hetero) is 1. The van der Waals surface area contributed by atoms with Crippen LogP contribution in [-0.2, 0) is 48.0 Å². The van der Waals surface area contributed by atoms with Crippen LogP contribution in [0.25, 0.3) is 10.9 Å². The fourth-order valence-electron chi connectivity index (χ4n) is 7.07. The van der Waals surface area contributed by atoms with Gasteiger partial charge in [-0.2, -0.15) is 0 Å². The topological polar surface area (TPSA) is 252 Å². The molecule has 4 aromatic rings. The lowest BCUT2D eigenvalue weighted by Crippen LogP contribution is -2.64. The highest BCUT2D eigenvalue weighted by Gasteiger charge is 2.44. The molecule has 0 saturated heterocycles. The van der Waals surface area contributed by atoms with Crippen molar-refractivity contribution in [2.24, 2.45) is 16.5 Å². The van der Waals surface area contributed by atoms with Gasteiger partial charge < -0.3 is 47.8 Å². The Morgan fingerprint density at radius 2 is 1.62 bits per heavy atom. The lowest BCUT2D eigenvalue weighted by atomic mass is 9.76. The van der Waals surface area contributed by atoms with Crippen molar-refractivity contribution in [2.45, 2.75) is 96.2 Å². The molecule has 0 bridgehead atoms. The number of carbonyl (C=O) groups excluding carboxylic acids is 6. The average Bonchev–Trinajstić information content (AvgIpc) is 3.65. The van der Waals surface area contributed by atoms with Crippen molar-refractivity contribution in [1.29, 1.82) is 0 Å². The van der Waals surface area contributed by atoms with Gasteiger partial charge in [-0.1, -0.05) is 74.0 Å². The van der Waals surface area contributed by atoms with Crippen molar-refractivity contribution in [3.8, 4) is 5.75 Å². The van der Waals surface area contributed by atoms with Crippen molar-refractivity contribution in [2.75, 3.05) is 25.5 Å². The molecule has 5 amide bonds. The van der Waals surface area contributed by atoms with E-state index in [4.69, 9.17) is 16.2 Å². The monoisotopic (exact) mass is 837 g/mol. The second kappa shape index (κ2) is 23.2. The summed E-state index contributed by atoms with van der Waals surface area (Å²) in [7, 11) is 1.61.